The SMILES string of the molecule is O=C(O)N1CCN[C@H](COc2c(Cl)c(Br)cc3nc(N4CCOCC4)[nH]c(=O)c23)C1. The summed E-state index contributed by atoms with van der Waals surface area (Å²) in [5.74, 6) is 0.694. The van der Waals surface area contributed by atoms with Crippen LogP contribution < -0.4 is 20.5 Å². The van der Waals surface area contributed by atoms with Crippen LogP contribution in [0.1, 0.15) is 0 Å². The third-order valence-electron chi connectivity index (χ3n) is 5.10. The Bertz CT molecular complexity index is 1010. The zero-order chi connectivity index (χ0) is 21.3. The molecule has 2 aromatic rings. The average Bonchev–Trinajstić information content (AvgIpc) is 2.75. The van der Waals surface area contributed by atoms with Crippen LogP contribution in [0.4, 0.5) is 10.7 Å². The number of carbonyl (C=O) groups is 1. The van der Waals surface area contributed by atoms with E-state index in [9.17, 15) is 14.7 Å². The molecule has 2 fully saturated rings. The number of anilines is 1. The van der Waals surface area contributed by atoms with E-state index in [0.29, 0.717) is 55.3 Å². The van der Waals surface area contributed by atoms with E-state index in [1.165, 1.54) is 4.90 Å². The number of piperazine rings is 1. The number of hydrogen-bond acceptors (Lipinski definition) is 7. The minimum Gasteiger partial charge on any atom is -0.489 e. The van der Waals surface area contributed by atoms with Crippen LogP contribution in [0.15, 0.2) is 15.3 Å². The van der Waals surface area contributed by atoms with Crippen molar-refractivity contribution < 1.29 is 19.4 Å². The van der Waals surface area contributed by atoms with Crippen LogP contribution in [0.5, 0.6) is 5.75 Å². The van der Waals surface area contributed by atoms with Gasteiger partial charge in [-0.2, -0.15) is 0 Å². The van der Waals surface area contributed by atoms with Crippen LogP contribution in [0, 0.1) is 0 Å². The molecule has 0 spiro atoms. The molecule has 2 aliphatic rings. The highest BCUT2D eigenvalue weighted by Crippen LogP contribution is 2.37. The molecule has 162 valence electrons. The molecule has 4 rings (SSSR count). The molecule has 3 N–H and O–H groups in total. The fourth-order valence-corrected chi connectivity index (χ4v) is 4.16. The van der Waals surface area contributed by atoms with Crippen molar-refractivity contribution in [3.8, 4) is 5.75 Å². The number of morpholine rings is 1. The second-order valence-corrected chi connectivity index (χ2v) is 8.31. The molecule has 3 heterocycles. The molecule has 1 aromatic heterocycles. The number of ether oxygens (including phenoxy) is 2. The number of nitrogens with zero attached hydrogens (tertiary/aromatic N) is 3. The number of benzene rings is 1. The van der Waals surface area contributed by atoms with E-state index < -0.39 is 6.09 Å². The van der Waals surface area contributed by atoms with Gasteiger partial charge in [0.05, 0.1) is 29.8 Å². The number of halogens is 2. The summed E-state index contributed by atoms with van der Waals surface area (Å²) in [6.07, 6.45) is -0.969. The van der Waals surface area contributed by atoms with Gasteiger partial charge in [0, 0.05) is 37.2 Å². The Hall–Kier alpha value is -2.08. The minimum atomic E-state index is -0.969. The van der Waals surface area contributed by atoms with Gasteiger partial charge in [-0.25, -0.2) is 9.78 Å². The first-order valence-electron chi connectivity index (χ1n) is 9.53. The summed E-state index contributed by atoms with van der Waals surface area (Å²) < 4.78 is 11.8. The maximum Gasteiger partial charge on any atom is 0.407 e. The molecule has 0 unspecified atom stereocenters. The molecule has 2 saturated heterocycles. The van der Waals surface area contributed by atoms with Crippen molar-refractivity contribution in [3.63, 3.8) is 0 Å². The number of hydrogen-bond donors (Lipinski definition) is 3. The van der Waals surface area contributed by atoms with Crippen LogP contribution in [-0.4, -0.2) is 84.7 Å². The Morgan fingerprint density at radius 3 is 2.90 bits per heavy atom. The van der Waals surface area contributed by atoms with Crippen molar-refractivity contribution in [1.29, 1.82) is 0 Å². The summed E-state index contributed by atoms with van der Waals surface area (Å²) in [4.78, 5) is 34.8. The van der Waals surface area contributed by atoms with Crippen LogP contribution in [0.25, 0.3) is 10.9 Å². The topological polar surface area (TPSA) is 120 Å². The molecule has 30 heavy (non-hydrogen) atoms. The Kier molecular flexibility index (Phi) is 6.32. The van der Waals surface area contributed by atoms with Gasteiger partial charge in [0.15, 0.2) is 5.75 Å². The highest BCUT2D eigenvalue weighted by molar-refractivity contribution is 9.10. The number of nitrogens with one attached hydrogen (secondary N) is 2. The number of carboxylic acid groups (broad SMARTS) is 1. The summed E-state index contributed by atoms with van der Waals surface area (Å²) in [5.41, 5.74) is 0.102. The lowest BCUT2D eigenvalue weighted by atomic mass is 10.2. The molecule has 0 aliphatic carbocycles. The van der Waals surface area contributed by atoms with Crippen molar-refractivity contribution in [2.24, 2.45) is 0 Å². The van der Waals surface area contributed by atoms with Gasteiger partial charge in [0.2, 0.25) is 5.95 Å². The Morgan fingerprint density at radius 2 is 2.17 bits per heavy atom. The maximum atomic E-state index is 12.9. The van der Waals surface area contributed by atoms with Crippen molar-refractivity contribution in [2.45, 2.75) is 6.04 Å². The molecule has 1 aromatic carbocycles. The van der Waals surface area contributed by atoms with E-state index in [1.807, 2.05) is 4.90 Å². The van der Waals surface area contributed by atoms with Gasteiger partial charge in [0.1, 0.15) is 12.0 Å². The van der Waals surface area contributed by atoms with Crippen LogP contribution in [0.3, 0.4) is 0 Å². The normalized spacial score (nSPS) is 19.9. The molecule has 12 heteroatoms. The van der Waals surface area contributed by atoms with Gasteiger partial charge >= 0.3 is 6.09 Å². The van der Waals surface area contributed by atoms with Crippen molar-refractivity contribution in [3.05, 3.63) is 25.9 Å². The van der Waals surface area contributed by atoms with Gasteiger partial charge in [-0.15, -0.1) is 0 Å². The Labute approximate surface area is 185 Å². The lowest BCUT2D eigenvalue weighted by Gasteiger charge is -2.31. The minimum absolute atomic E-state index is 0.152. The standard InChI is InChI=1S/C18H21BrClN5O5/c19-11-7-12-13(16(26)23-17(22-12)24-3-5-29-6-4-24)15(14(11)20)30-9-10-8-25(18(27)28)2-1-21-10/h7,10,21H,1-6,8-9H2,(H,27,28)(H,22,23,26)/t10-/m0/s1. The fourth-order valence-electron chi connectivity index (χ4n) is 3.56. The summed E-state index contributed by atoms with van der Waals surface area (Å²) in [7, 11) is 0. The molecule has 1 amide bonds. The number of aromatic nitrogens is 2. The van der Waals surface area contributed by atoms with Gasteiger partial charge in [0.25, 0.3) is 5.56 Å². The number of H-pyrrole nitrogens is 1. The van der Waals surface area contributed by atoms with E-state index in [1.54, 1.807) is 6.07 Å². The first-order valence-corrected chi connectivity index (χ1v) is 10.7. The quantitative estimate of drug-likeness (QED) is 0.575. The van der Waals surface area contributed by atoms with Crippen LogP contribution >= 0.6 is 27.5 Å². The molecule has 10 nitrogen and oxygen atoms in total. The Morgan fingerprint density at radius 1 is 1.40 bits per heavy atom. The lowest BCUT2D eigenvalue weighted by molar-refractivity contribution is 0.118. The van der Waals surface area contributed by atoms with Gasteiger partial charge < -0.3 is 29.7 Å². The highest BCUT2D eigenvalue weighted by Gasteiger charge is 2.25. The zero-order valence-electron chi connectivity index (χ0n) is 16.0. The molecular formula is C18H21BrClN5O5. The first-order chi connectivity index (χ1) is 14.4. The molecule has 1 atom stereocenters. The number of rotatable bonds is 4. The van der Waals surface area contributed by atoms with E-state index in [0.717, 1.165) is 0 Å². The molecule has 0 saturated carbocycles. The average molecular weight is 503 g/mol. The van der Waals surface area contributed by atoms with E-state index in [-0.39, 0.29) is 40.9 Å². The van der Waals surface area contributed by atoms with E-state index in [4.69, 9.17) is 21.1 Å². The summed E-state index contributed by atoms with van der Waals surface area (Å²) in [6, 6.07) is 1.47. The zero-order valence-corrected chi connectivity index (χ0v) is 18.3. The first kappa shape index (κ1) is 21.2. The highest BCUT2D eigenvalue weighted by atomic mass is 79.9. The van der Waals surface area contributed by atoms with E-state index in [2.05, 4.69) is 31.2 Å². The predicted molar refractivity (Wildman–Crippen MR) is 115 cm³/mol. The second kappa shape index (κ2) is 8.96. The third-order valence-corrected chi connectivity index (χ3v) is 6.33. The lowest BCUT2D eigenvalue weighted by Crippen LogP contribution is -2.54. The predicted octanol–water partition coefficient (Wildman–Crippen LogP) is 1.51. The number of aromatic amines is 1. The smallest absolute Gasteiger partial charge is 0.407 e. The summed E-state index contributed by atoms with van der Waals surface area (Å²) in [6.45, 7) is 3.80. The van der Waals surface area contributed by atoms with Crippen molar-refractivity contribution in [2.75, 3.05) is 57.4 Å². The molecule has 2 aliphatic heterocycles. The Balaban J connectivity index is 1.63. The second-order valence-electron chi connectivity index (χ2n) is 7.08. The van der Waals surface area contributed by atoms with Crippen LogP contribution in [0.2, 0.25) is 5.02 Å². The number of amides is 1. The van der Waals surface area contributed by atoms with Crippen LogP contribution in [-0.2, 0) is 4.74 Å². The van der Waals surface area contributed by atoms with Gasteiger partial charge in [-0.05, 0) is 22.0 Å². The van der Waals surface area contributed by atoms with E-state index >= 15 is 0 Å². The fraction of sp³-hybridized carbons (Fsp3) is 0.500. The third kappa shape index (κ3) is 4.34. The summed E-state index contributed by atoms with van der Waals surface area (Å²) in [5, 5.41) is 12.9. The largest absolute Gasteiger partial charge is 0.489 e. The molecular weight excluding hydrogens is 482 g/mol. The monoisotopic (exact) mass is 501 g/mol. The number of fused-ring (bicyclic) bond motifs is 1. The molecule has 0 radical (unpaired) electrons. The van der Waals surface area contributed by atoms with Crippen molar-refractivity contribution >= 4 is 50.5 Å². The van der Waals surface area contributed by atoms with Crippen molar-refractivity contribution in [1.82, 2.24) is 20.2 Å². The maximum absolute atomic E-state index is 12.9. The molecule has 0 bridgehead atoms. The summed E-state index contributed by atoms with van der Waals surface area (Å²) >= 11 is 9.83. The van der Waals surface area contributed by atoms with Gasteiger partial charge in [-0.1, -0.05) is 11.6 Å². The van der Waals surface area contributed by atoms with Gasteiger partial charge in [-0.3, -0.25) is 9.78 Å².